The molecule has 7 heteroatoms. The zero-order valence-electron chi connectivity index (χ0n) is 15.7. The Kier molecular flexibility index (Phi) is 4.97. The molecular weight excluding hydrogens is 330 g/mol. The van der Waals surface area contributed by atoms with Crippen LogP contribution < -0.4 is 16.6 Å². The molecule has 0 radical (unpaired) electrons. The summed E-state index contributed by atoms with van der Waals surface area (Å²) in [6, 6.07) is 10.3. The van der Waals surface area contributed by atoms with E-state index < -0.39 is 0 Å². The molecule has 0 aliphatic carbocycles. The molecule has 138 valence electrons. The Morgan fingerprint density at radius 2 is 1.81 bits per heavy atom. The maximum Gasteiger partial charge on any atom is 0.332 e. The minimum Gasteiger partial charge on any atom is -0.353 e. The number of fused-ring (bicyclic) bond motifs is 1. The molecule has 1 N–H and O–H groups in total. The van der Waals surface area contributed by atoms with E-state index in [1.807, 2.05) is 22.8 Å². The summed E-state index contributed by atoms with van der Waals surface area (Å²) in [6.45, 7) is 4.76. The van der Waals surface area contributed by atoms with Crippen molar-refractivity contribution in [1.29, 1.82) is 0 Å². The van der Waals surface area contributed by atoms with E-state index in [1.54, 1.807) is 7.05 Å². The number of hydrogen-bond donors (Lipinski definition) is 1. The van der Waals surface area contributed by atoms with Gasteiger partial charge in [0.1, 0.15) is 0 Å². The average Bonchev–Trinajstić information content (AvgIpc) is 3.01. The molecule has 3 rings (SSSR count). The van der Waals surface area contributed by atoms with Crippen molar-refractivity contribution >= 4 is 17.1 Å². The van der Waals surface area contributed by atoms with Crippen molar-refractivity contribution in [2.45, 2.75) is 39.3 Å². The number of anilines is 1. The summed E-state index contributed by atoms with van der Waals surface area (Å²) in [5, 5.41) is 3.37. The lowest BCUT2D eigenvalue weighted by Crippen LogP contribution is -2.37. The van der Waals surface area contributed by atoms with Crippen LogP contribution in [0.4, 0.5) is 5.95 Å². The van der Waals surface area contributed by atoms with E-state index >= 15 is 0 Å². The van der Waals surface area contributed by atoms with Crippen LogP contribution in [0.3, 0.4) is 0 Å². The maximum absolute atomic E-state index is 12.8. The van der Waals surface area contributed by atoms with Crippen molar-refractivity contribution in [3.8, 4) is 0 Å². The van der Waals surface area contributed by atoms with Crippen LogP contribution in [-0.4, -0.2) is 24.7 Å². The summed E-state index contributed by atoms with van der Waals surface area (Å²) in [5.74, 6) is 0.628. The molecule has 0 aliphatic rings. The van der Waals surface area contributed by atoms with Gasteiger partial charge < -0.3 is 9.88 Å². The van der Waals surface area contributed by atoms with Gasteiger partial charge in [0.15, 0.2) is 11.2 Å². The molecule has 1 atom stereocenters. The molecule has 0 aliphatic heterocycles. The lowest BCUT2D eigenvalue weighted by atomic mass is 10.1. The minimum absolute atomic E-state index is 0.211. The van der Waals surface area contributed by atoms with Gasteiger partial charge in [-0.1, -0.05) is 37.3 Å². The molecule has 26 heavy (non-hydrogen) atoms. The van der Waals surface area contributed by atoms with Crippen LogP contribution in [0.2, 0.25) is 0 Å². The van der Waals surface area contributed by atoms with Crippen LogP contribution in [0.1, 0.15) is 25.8 Å². The zero-order valence-corrected chi connectivity index (χ0v) is 15.7. The number of rotatable bonds is 6. The van der Waals surface area contributed by atoms with Gasteiger partial charge in [0.25, 0.3) is 5.56 Å². The van der Waals surface area contributed by atoms with E-state index in [1.165, 1.54) is 17.2 Å². The number of imidazole rings is 1. The number of hydrogen-bond acceptors (Lipinski definition) is 4. The van der Waals surface area contributed by atoms with Gasteiger partial charge in [-0.05, 0) is 25.3 Å². The SMILES string of the molecule is CCC(C)Nc1nc2c(c(=O)n(C)c(=O)n2C)n1CCc1ccccc1. The van der Waals surface area contributed by atoms with Crippen LogP contribution in [0.15, 0.2) is 39.9 Å². The number of benzene rings is 1. The number of aromatic nitrogens is 4. The van der Waals surface area contributed by atoms with Crippen molar-refractivity contribution in [3.63, 3.8) is 0 Å². The smallest absolute Gasteiger partial charge is 0.332 e. The van der Waals surface area contributed by atoms with Crippen molar-refractivity contribution in [2.75, 3.05) is 5.32 Å². The average molecular weight is 355 g/mol. The minimum atomic E-state index is -0.370. The third-order valence-electron chi connectivity index (χ3n) is 4.80. The summed E-state index contributed by atoms with van der Waals surface area (Å²) in [7, 11) is 3.14. The summed E-state index contributed by atoms with van der Waals surface area (Å²) >= 11 is 0. The first-order valence-corrected chi connectivity index (χ1v) is 8.90. The van der Waals surface area contributed by atoms with E-state index in [4.69, 9.17) is 0 Å². The lowest BCUT2D eigenvalue weighted by molar-refractivity contribution is 0.677. The van der Waals surface area contributed by atoms with Gasteiger partial charge in [0.2, 0.25) is 5.95 Å². The van der Waals surface area contributed by atoms with Crippen LogP contribution in [0.5, 0.6) is 0 Å². The fraction of sp³-hybridized carbons (Fsp3) is 0.421. The fourth-order valence-electron chi connectivity index (χ4n) is 2.98. The molecule has 2 heterocycles. The van der Waals surface area contributed by atoms with Gasteiger partial charge in [-0.25, -0.2) is 4.79 Å². The summed E-state index contributed by atoms with van der Waals surface area (Å²) in [5.41, 5.74) is 1.37. The monoisotopic (exact) mass is 355 g/mol. The highest BCUT2D eigenvalue weighted by Crippen LogP contribution is 2.18. The van der Waals surface area contributed by atoms with Gasteiger partial charge in [-0.2, -0.15) is 4.98 Å². The molecule has 7 nitrogen and oxygen atoms in total. The van der Waals surface area contributed by atoms with Crippen molar-refractivity contribution < 1.29 is 0 Å². The lowest BCUT2D eigenvalue weighted by Gasteiger charge is -2.14. The number of nitrogens with one attached hydrogen (secondary N) is 1. The fourth-order valence-corrected chi connectivity index (χ4v) is 2.98. The van der Waals surface area contributed by atoms with Gasteiger partial charge in [-0.3, -0.25) is 13.9 Å². The van der Waals surface area contributed by atoms with Gasteiger partial charge in [-0.15, -0.1) is 0 Å². The zero-order chi connectivity index (χ0) is 18.8. The molecule has 0 saturated heterocycles. The molecule has 1 aromatic carbocycles. The summed E-state index contributed by atoms with van der Waals surface area (Å²) < 4.78 is 4.46. The molecule has 3 aromatic rings. The second-order valence-electron chi connectivity index (χ2n) is 6.65. The van der Waals surface area contributed by atoms with Gasteiger partial charge >= 0.3 is 5.69 Å². The van der Waals surface area contributed by atoms with Crippen LogP contribution in [0.25, 0.3) is 11.2 Å². The largest absolute Gasteiger partial charge is 0.353 e. The Bertz CT molecular complexity index is 1030. The molecule has 0 saturated carbocycles. The molecular formula is C19H25N5O2. The first-order chi connectivity index (χ1) is 12.4. The standard InChI is InChI=1S/C19H25N5O2/c1-5-13(2)20-18-21-16-15(17(25)23(4)19(26)22(16)3)24(18)12-11-14-9-7-6-8-10-14/h6-10,13H,5,11-12H2,1-4H3,(H,20,21). The molecule has 0 amide bonds. The highest BCUT2D eigenvalue weighted by Gasteiger charge is 2.19. The van der Waals surface area contributed by atoms with E-state index in [9.17, 15) is 9.59 Å². The second kappa shape index (κ2) is 7.19. The second-order valence-corrected chi connectivity index (χ2v) is 6.65. The van der Waals surface area contributed by atoms with Gasteiger partial charge in [0.05, 0.1) is 0 Å². The number of aryl methyl sites for hydroxylation is 3. The summed E-state index contributed by atoms with van der Waals surface area (Å²) in [4.78, 5) is 29.6. The number of nitrogens with zero attached hydrogens (tertiary/aromatic N) is 4. The van der Waals surface area contributed by atoms with Crippen LogP contribution >= 0.6 is 0 Å². The molecule has 0 fully saturated rings. The Morgan fingerprint density at radius 1 is 1.12 bits per heavy atom. The van der Waals surface area contributed by atoms with E-state index in [-0.39, 0.29) is 17.3 Å². The Morgan fingerprint density at radius 3 is 2.46 bits per heavy atom. The predicted octanol–water partition coefficient (Wildman–Crippen LogP) is 1.89. The molecule has 2 aromatic heterocycles. The van der Waals surface area contributed by atoms with Crippen LogP contribution in [0, 0.1) is 0 Å². The van der Waals surface area contributed by atoms with Crippen molar-refractivity contribution in [2.24, 2.45) is 14.1 Å². The topological polar surface area (TPSA) is 73.8 Å². The van der Waals surface area contributed by atoms with Crippen molar-refractivity contribution in [3.05, 3.63) is 56.7 Å². The Balaban J connectivity index is 2.14. The van der Waals surface area contributed by atoms with E-state index in [0.717, 1.165) is 17.4 Å². The quantitative estimate of drug-likeness (QED) is 0.733. The third-order valence-corrected chi connectivity index (χ3v) is 4.80. The molecule has 0 spiro atoms. The third kappa shape index (κ3) is 3.16. The van der Waals surface area contributed by atoms with E-state index in [2.05, 4.69) is 36.3 Å². The predicted molar refractivity (Wildman–Crippen MR) is 104 cm³/mol. The first-order valence-electron chi connectivity index (χ1n) is 8.90. The van der Waals surface area contributed by atoms with Crippen LogP contribution in [-0.2, 0) is 27.1 Å². The molecule has 0 bridgehead atoms. The highest BCUT2D eigenvalue weighted by molar-refractivity contribution is 5.74. The summed E-state index contributed by atoms with van der Waals surface area (Å²) in [6.07, 6.45) is 1.70. The highest BCUT2D eigenvalue weighted by atomic mass is 16.2. The Hall–Kier alpha value is -2.83. The maximum atomic E-state index is 12.8. The molecule has 1 unspecified atom stereocenters. The van der Waals surface area contributed by atoms with Gasteiger partial charge in [0, 0.05) is 26.7 Å². The normalized spacial score (nSPS) is 12.5. The first kappa shape index (κ1) is 18.0. The van der Waals surface area contributed by atoms with E-state index in [0.29, 0.717) is 23.7 Å². The van der Waals surface area contributed by atoms with Crippen molar-refractivity contribution in [1.82, 2.24) is 18.7 Å². The Labute approximate surface area is 151 Å².